The van der Waals surface area contributed by atoms with Gasteiger partial charge in [-0.2, -0.15) is 5.10 Å². The molecule has 0 aliphatic carbocycles. The molecular formula is C50H58N4O. The van der Waals surface area contributed by atoms with E-state index in [-0.39, 0.29) is 10.8 Å². The molecule has 0 aliphatic rings. The summed E-state index contributed by atoms with van der Waals surface area (Å²) >= 11 is 0. The van der Waals surface area contributed by atoms with Gasteiger partial charge in [0, 0.05) is 40.4 Å². The molecule has 0 amide bonds. The molecule has 1 unspecified atom stereocenters. The molecule has 0 spiro atoms. The molecule has 5 nitrogen and oxygen atoms in total. The van der Waals surface area contributed by atoms with Gasteiger partial charge in [-0.15, -0.1) is 0 Å². The van der Waals surface area contributed by atoms with Crippen LogP contribution in [0.2, 0.25) is 0 Å². The van der Waals surface area contributed by atoms with Gasteiger partial charge in [0.2, 0.25) is 0 Å². The molecule has 0 fully saturated rings. The molecule has 5 heteroatoms. The fraction of sp³-hybridized carbons (Fsp3) is 0.360. The van der Waals surface area contributed by atoms with Crippen LogP contribution in [0.3, 0.4) is 0 Å². The lowest BCUT2D eigenvalue weighted by molar-refractivity contribution is 0.478. The molecular weight excluding hydrogens is 673 g/mol. The highest BCUT2D eigenvalue weighted by atomic mass is 16.5. The number of pyridine rings is 1. The van der Waals surface area contributed by atoms with Crippen LogP contribution in [-0.2, 0) is 10.8 Å². The van der Waals surface area contributed by atoms with E-state index in [2.05, 4.69) is 182 Å². The monoisotopic (exact) mass is 730 g/mol. The van der Waals surface area contributed by atoms with Gasteiger partial charge in [0.25, 0.3) is 0 Å². The number of nitrogens with zero attached hydrogens (tertiary/aromatic N) is 4. The maximum atomic E-state index is 6.86. The summed E-state index contributed by atoms with van der Waals surface area (Å²) in [5.41, 5.74) is 11.4. The molecule has 55 heavy (non-hydrogen) atoms. The number of fused-ring (bicyclic) bond motifs is 3. The second-order valence-corrected chi connectivity index (χ2v) is 18.1. The van der Waals surface area contributed by atoms with Crippen LogP contribution < -0.4 is 4.74 Å². The van der Waals surface area contributed by atoms with E-state index in [0.29, 0.717) is 5.92 Å². The van der Waals surface area contributed by atoms with Crippen LogP contribution >= 0.6 is 0 Å². The number of aromatic nitrogens is 4. The number of hydrogen-bond donors (Lipinski definition) is 0. The molecule has 0 radical (unpaired) electrons. The van der Waals surface area contributed by atoms with Crippen molar-refractivity contribution in [3.63, 3.8) is 0 Å². The maximum absolute atomic E-state index is 6.86. The van der Waals surface area contributed by atoms with Gasteiger partial charge in [-0.25, -0.2) is 9.67 Å². The summed E-state index contributed by atoms with van der Waals surface area (Å²) in [4.78, 5) is 4.96. The lowest BCUT2D eigenvalue weighted by Gasteiger charge is -2.22. The van der Waals surface area contributed by atoms with Crippen molar-refractivity contribution in [2.45, 2.75) is 112 Å². The van der Waals surface area contributed by atoms with Gasteiger partial charge in [-0.05, 0) is 114 Å². The smallest absolute Gasteiger partial charge is 0.137 e. The van der Waals surface area contributed by atoms with E-state index >= 15 is 0 Å². The van der Waals surface area contributed by atoms with E-state index in [4.69, 9.17) is 14.8 Å². The number of aryl methyl sites for hydroxylation is 1. The van der Waals surface area contributed by atoms with E-state index in [1.807, 2.05) is 6.20 Å². The summed E-state index contributed by atoms with van der Waals surface area (Å²) in [5, 5.41) is 7.50. The minimum atomic E-state index is -0.101. The Morgan fingerprint density at radius 3 is 2.13 bits per heavy atom. The first-order valence-electron chi connectivity index (χ1n) is 20.1. The maximum Gasteiger partial charge on any atom is 0.137 e. The van der Waals surface area contributed by atoms with Crippen molar-refractivity contribution in [1.82, 2.24) is 19.3 Å². The van der Waals surface area contributed by atoms with Crippen LogP contribution in [0.1, 0.15) is 116 Å². The first kappa shape index (κ1) is 38.1. The standard InChI is InChI=1S/C50H58N4O/c1-32(2)16-15-17-33(3)37-20-23-45-44(26-37)43-22-21-41(31-46(43)53(45)47-29-38(24-25-51-47)49(6,7)8)55-42-28-39(50(9,10)11)27-40(30-42)54-35(5)48(34(4)52-54)36-18-13-12-14-19-36/h12-14,18-33H,15-17H2,1-11H3. The van der Waals surface area contributed by atoms with Gasteiger partial charge in [0.05, 0.1) is 22.4 Å². The zero-order valence-electron chi connectivity index (χ0n) is 34.8. The van der Waals surface area contributed by atoms with Crippen LogP contribution in [0.15, 0.2) is 103 Å². The van der Waals surface area contributed by atoms with Crippen LogP contribution in [0.5, 0.6) is 11.5 Å². The molecule has 284 valence electrons. The number of benzene rings is 4. The van der Waals surface area contributed by atoms with Crippen molar-refractivity contribution in [3.05, 3.63) is 131 Å². The highest BCUT2D eigenvalue weighted by Crippen LogP contribution is 2.39. The summed E-state index contributed by atoms with van der Waals surface area (Å²) in [6.07, 6.45) is 5.65. The van der Waals surface area contributed by atoms with Crippen molar-refractivity contribution in [2.75, 3.05) is 0 Å². The Labute approximate surface area is 328 Å². The van der Waals surface area contributed by atoms with Gasteiger partial charge >= 0.3 is 0 Å². The molecule has 3 aromatic heterocycles. The molecule has 0 saturated heterocycles. The zero-order valence-corrected chi connectivity index (χ0v) is 34.8. The number of ether oxygens (including phenoxy) is 1. The molecule has 1 atom stereocenters. The zero-order chi connectivity index (χ0) is 39.2. The molecule has 0 bridgehead atoms. The average molecular weight is 731 g/mol. The first-order chi connectivity index (χ1) is 26.1. The van der Waals surface area contributed by atoms with E-state index < -0.39 is 0 Å². The predicted octanol–water partition coefficient (Wildman–Crippen LogP) is 14.0. The van der Waals surface area contributed by atoms with Crippen molar-refractivity contribution in [2.24, 2.45) is 5.92 Å². The molecule has 0 N–H and O–H groups in total. The Morgan fingerprint density at radius 1 is 0.673 bits per heavy atom. The third-order valence-electron chi connectivity index (χ3n) is 11.2. The van der Waals surface area contributed by atoms with E-state index in [9.17, 15) is 0 Å². The first-order valence-corrected chi connectivity index (χ1v) is 20.1. The SMILES string of the molecule is Cc1nn(-c2cc(Oc3ccc4c5cc(C(C)CCCC(C)C)ccc5n(-c5cc(C(C)(C)C)ccn5)c4c3)cc(C(C)(C)C)c2)c(C)c1-c1ccccc1. The predicted molar refractivity (Wildman–Crippen MR) is 232 cm³/mol. The van der Waals surface area contributed by atoms with Crippen molar-refractivity contribution in [3.8, 4) is 34.1 Å². The third-order valence-corrected chi connectivity index (χ3v) is 11.2. The highest BCUT2D eigenvalue weighted by molar-refractivity contribution is 6.09. The van der Waals surface area contributed by atoms with Crippen molar-refractivity contribution < 1.29 is 4.74 Å². The average Bonchev–Trinajstić information content (AvgIpc) is 3.62. The molecule has 0 aliphatic heterocycles. The van der Waals surface area contributed by atoms with Crippen LogP contribution in [0, 0.1) is 19.8 Å². The second kappa shape index (κ2) is 14.8. The lowest BCUT2D eigenvalue weighted by Crippen LogP contribution is -2.12. The third kappa shape index (κ3) is 7.85. The van der Waals surface area contributed by atoms with Gasteiger partial charge in [0.1, 0.15) is 17.3 Å². The minimum Gasteiger partial charge on any atom is -0.457 e. The van der Waals surface area contributed by atoms with Gasteiger partial charge < -0.3 is 4.74 Å². The summed E-state index contributed by atoms with van der Waals surface area (Å²) < 4.78 is 11.2. The molecule has 7 rings (SSSR count). The molecule has 7 aromatic rings. The van der Waals surface area contributed by atoms with Crippen molar-refractivity contribution >= 4 is 21.8 Å². The second-order valence-electron chi connectivity index (χ2n) is 18.1. The van der Waals surface area contributed by atoms with Crippen molar-refractivity contribution in [1.29, 1.82) is 0 Å². The Morgan fingerprint density at radius 2 is 1.42 bits per heavy atom. The van der Waals surface area contributed by atoms with Crippen LogP contribution in [-0.4, -0.2) is 19.3 Å². The summed E-state index contributed by atoms with van der Waals surface area (Å²) in [7, 11) is 0. The molecule has 4 aromatic carbocycles. The van der Waals surface area contributed by atoms with E-state index in [1.54, 1.807) is 0 Å². The van der Waals surface area contributed by atoms with E-state index in [0.717, 1.165) is 51.3 Å². The number of rotatable bonds is 10. The van der Waals surface area contributed by atoms with E-state index in [1.165, 1.54) is 57.9 Å². The van der Waals surface area contributed by atoms with Crippen LogP contribution in [0.4, 0.5) is 0 Å². The topological polar surface area (TPSA) is 44.9 Å². The summed E-state index contributed by atoms with van der Waals surface area (Å²) in [6, 6.07) is 35.0. The Hall–Kier alpha value is -5.16. The quantitative estimate of drug-likeness (QED) is 0.141. The normalized spacial score (nSPS) is 12.9. The van der Waals surface area contributed by atoms with Crippen LogP contribution in [0.25, 0.3) is 44.4 Å². The fourth-order valence-electron chi connectivity index (χ4n) is 7.89. The van der Waals surface area contributed by atoms with Gasteiger partial charge in [-0.1, -0.05) is 112 Å². The Kier molecular flexibility index (Phi) is 10.3. The number of hydrogen-bond acceptors (Lipinski definition) is 3. The molecule has 3 heterocycles. The largest absolute Gasteiger partial charge is 0.457 e. The van der Waals surface area contributed by atoms with Gasteiger partial charge in [-0.3, -0.25) is 4.57 Å². The fourth-order valence-corrected chi connectivity index (χ4v) is 7.89. The Bertz CT molecular complexity index is 2470. The molecule has 0 saturated carbocycles. The van der Waals surface area contributed by atoms with Gasteiger partial charge in [0.15, 0.2) is 0 Å². The Balaban J connectivity index is 1.34. The lowest BCUT2D eigenvalue weighted by atomic mass is 9.86. The highest BCUT2D eigenvalue weighted by Gasteiger charge is 2.22. The summed E-state index contributed by atoms with van der Waals surface area (Å²) in [5.74, 6) is 3.69. The summed E-state index contributed by atoms with van der Waals surface area (Å²) in [6.45, 7) is 24.7. The minimum absolute atomic E-state index is 0.00752.